The van der Waals surface area contributed by atoms with Gasteiger partial charge in [-0.25, -0.2) is 0 Å². The smallest absolute Gasteiger partial charge is 0.326 e. The lowest BCUT2D eigenvalue weighted by Gasteiger charge is -2.05. The lowest BCUT2D eigenvalue weighted by atomic mass is 10.2. The summed E-state index contributed by atoms with van der Waals surface area (Å²) in [6.07, 6.45) is 1.87. The molecule has 0 fully saturated rings. The number of hydrogen-bond donors (Lipinski definition) is 1. The zero-order valence-electron chi connectivity index (χ0n) is 10.9. The number of carbonyl (C=O) groups excluding carboxylic acids is 1. The largest absolute Gasteiger partial charge is 0.456 e. The van der Waals surface area contributed by atoms with Crippen LogP contribution >= 0.6 is 0 Å². The molecule has 0 aliphatic heterocycles. The number of tetrazole rings is 1. The second kappa shape index (κ2) is 5.12. The van der Waals surface area contributed by atoms with Gasteiger partial charge in [0.15, 0.2) is 6.61 Å². The Bertz CT molecular complexity index is 732. The molecule has 1 aromatic carbocycles. The number of H-pyrrole nitrogens is 1. The summed E-state index contributed by atoms with van der Waals surface area (Å²) in [5.74, 6) is 0.0132. The molecule has 0 bridgehead atoms. The standard InChI is InChI=1S/C13H13N5O2/c1-9-2-3-11-10(6-9)4-5-18(11)7-13(19)20-8-12-14-16-17-15-12/h2-6H,7-8H2,1H3,(H,14,15,16,17). The molecule has 0 radical (unpaired) electrons. The molecular formula is C13H13N5O2. The first-order valence-corrected chi connectivity index (χ1v) is 6.16. The van der Waals surface area contributed by atoms with Gasteiger partial charge in [0, 0.05) is 11.7 Å². The highest BCUT2D eigenvalue weighted by molar-refractivity contribution is 5.82. The topological polar surface area (TPSA) is 85.7 Å². The van der Waals surface area contributed by atoms with E-state index in [0.717, 1.165) is 10.9 Å². The minimum atomic E-state index is -0.340. The molecule has 2 aromatic heterocycles. The van der Waals surface area contributed by atoms with Crippen molar-refractivity contribution in [2.75, 3.05) is 0 Å². The molecule has 2 heterocycles. The number of rotatable bonds is 4. The monoisotopic (exact) mass is 271 g/mol. The van der Waals surface area contributed by atoms with Gasteiger partial charge in [-0.1, -0.05) is 16.8 Å². The number of benzene rings is 1. The molecule has 0 saturated carbocycles. The molecule has 1 N–H and O–H groups in total. The highest BCUT2D eigenvalue weighted by Gasteiger charge is 2.09. The van der Waals surface area contributed by atoms with Gasteiger partial charge in [0.1, 0.15) is 6.54 Å². The van der Waals surface area contributed by atoms with E-state index in [1.165, 1.54) is 5.56 Å². The number of hydrogen-bond acceptors (Lipinski definition) is 5. The van der Waals surface area contributed by atoms with E-state index in [0.29, 0.717) is 5.82 Å². The molecule has 102 valence electrons. The first-order chi connectivity index (χ1) is 9.72. The third-order valence-corrected chi connectivity index (χ3v) is 2.98. The highest BCUT2D eigenvalue weighted by atomic mass is 16.5. The van der Waals surface area contributed by atoms with Crippen molar-refractivity contribution in [3.05, 3.63) is 41.9 Å². The average Bonchev–Trinajstić information content (AvgIpc) is 3.06. The maximum absolute atomic E-state index is 11.8. The minimum absolute atomic E-state index is 0.0215. The highest BCUT2D eigenvalue weighted by Crippen LogP contribution is 2.17. The molecule has 0 saturated heterocycles. The number of fused-ring (bicyclic) bond motifs is 1. The maximum atomic E-state index is 11.8. The van der Waals surface area contributed by atoms with Gasteiger partial charge in [0.05, 0.1) is 0 Å². The van der Waals surface area contributed by atoms with E-state index in [9.17, 15) is 4.79 Å². The van der Waals surface area contributed by atoms with Crippen LogP contribution in [0, 0.1) is 6.92 Å². The third-order valence-electron chi connectivity index (χ3n) is 2.98. The molecule has 0 aliphatic carbocycles. The lowest BCUT2D eigenvalue weighted by Crippen LogP contribution is -2.13. The molecule has 0 unspecified atom stereocenters. The quantitative estimate of drug-likeness (QED) is 0.721. The van der Waals surface area contributed by atoms with E-state index in [-0.39, 0.29) is 19.1 Å². The van der Waals surface area contributed by atoms with Gasteiger partial charge in [-0.2, -0.15) is 5.21 Å². The summed E-state index contributed by atoms with van der Waals surface area (Å²) >= 11 is 0. The van der Waals surface area contributed by atoms with Gasteiger partial charge in [-0.15, -0.1) is 10.2 Å². The van der Waals surface area contributed by atoms with Crippen LogP contribution in [0.5, 0.6) is 0 Å². The van der Waals surface area contributed by atoms with Crippen molar-refractivity contribution in [2.24, 2.45) is 0 Å². The Balaban J connectivity index is 1.68. The van der Waals surface area contributed by atoms with E-state index in [2.05, 4.69) is 26.7 Å². The molecule has 0 amide bonds. The summed E-state index contributed by atoms with van der Waals surface area (Å²) in [6.45, 7) is 2.22. The van der Waals surface area contributed by atoms with Crippen molar-refractivity contribution >= 4 is 16.9 Å². The van der Waals surface area contributed by atoms with Gasteiger partial charge >= 0.3 is 5.97 Å². The third kappa shape index (κ3) is 2.51. The second-order valence-electron chi connectivity index (χ2n) is 4.49. The van der Waals surface area contributed by atoms with Crippen LogP contribution in [0.3, 0.4) is 0 Å². The van der Waals surface area contributed by atoms with Crippen LogP contribution in [0.4, 0.5) is 0 Å². The van der Waals surface area contributed by atoms with Crippen LogP contribution in [-0.2, 0) is 22.7 Å². The van der Waals surface area contributed by atoms with Crippen LogP contribution in [0.25, 0.3) is 10.9 Å². The van der Waals surface area contributed by atoms with Crippen molar-refractivity contribution in [3.8, 4) is 0 Å². The van der Waals surface area contributed by atoms with Gasteiger partial charge < -0.3 is 9.30 Å². The van der Waals surface area contributed by atoms with Crippen LogP contribution in [0.1, 0.15) is 11.4 Å². The van der Waals surface area contributed by atoms with Crippen LogP contribution in [0.2, 0.25) is 0 Å². The van der Waals surface area contributed by atoms with Gasteiger partial charge in [-0.3, -0.25) is 4.79 Å². The fraction of sp³-hybridized carbons (Fsp3) is 0.231. The Morgan fingerprint density at radius 1 is 1.40 bits per heavy atom. The zero-order valence-corrected chi connectivity index (χ0v) is 10.9. The van der Waals surface area contributed by atoms with Crippen molar-refractivity contribution in [3.63, 3.8) is 0 Å². The predicted molar refractivity (Wildman–Crippen MR) is 70.6 cm³/mol. The number of nitrogens with zero attached hydrogens (tertiary/aromatic N) is 4. The van der Waals surface area contributed by atoms with Crippen molar-refractivity contribution in [1.29, 1.82) is 0 Å². The fourth-order valence-corrected chi connectivity index (χ4v) is 2.03. The molecule has 7 heteroatoms. The van der Waals surface area contributed by atoms with Crippen LogP contribution in [-0.4, -0.2) is 31.2 Å². The van der Waals surface area contributed by atoms with Gasteiger partial charge in [0.25, 0.3) is 0 Å². The van der Waals surface area contributed by atoms with Crippen LogP contribution in [0.15, 0.2) is 30.5 Å². The summed E-state index contributed by atoms with van der Waals surface area (Å²) < 4.78 is 6.94. The maximum Gasteiger partial charge on any atom is 0.326 e. The van der Waals surface area contributed by atoms with Crippen molar-refractivity contribution in [2.45, 2.75) is 20.1 Å². The zero-order chi connectivity index (χ0) is 13.9. The Hall–Kier alpha value is -2.70. The number of carbonyl (C=O) groups is 1. The number of aromatic nitrogens is 5. The van der Waals surface area contributed by atoms with Gasteiger partial charge in [0.2, 0.25) is 5.82 Å². The number of ether oxygens (including phenoxy) is 1. The molecule has 0 spiro atoms. The average molecular weight is 271 g/mol. The van der Waals surface area contributed by atoms with Crippen molar-refractivity contribution < 1.29 is 9.53 Å². The summed E-state index contributed by atoms with van der Waals surface area (Å²) in [5.41, 5.74) is 2.20. The summed E-state index contributed by atoms with van der Waals surface area (Å²) in [4.78, 5) is 11.8. The number of esters is 1. The normalized spacial score (nSPS) is 10.8. The Morgan fingerprint density at radius 3 is 3.10 bits per heavy atom. The molecule has 0 aliphatic rings. The van der Waals surface area contributed by atoms with E-state index >= 15 is 0 Å². The molecular weight excluding hydrogens is 258 g/mol. The van der Waals surface area contributed by atoms with E-state index in [4.69, 9.17) is 4.74 Å². The van der Waals surface area contributed by atoms with Crippen LogP contribution < -0.4 is 0 Å². The fourth-order valence-electron chi connectivity index (χ4n) is 2.03. The first-order valence-electron chi connectivity index (χ1n) is 6.16. The first kappa shape index (κ1) is 12.3. The van der Waals surface area contributed by atoms with E-state index < -0.39 is 0 Å². The number of aryl methyl sites for hydroxylation is 1. The SMILES string of the molecule is Cc1ccc2c(ccn2CC(=O)OCc2nn[nH]n2)c1. The summed E-state index contributed by atoms with van der Waals surface area (Å²) in [7, 11) is 0. The van der Waals surface area contributed by atoms with Gasteiger partial charge in [-0.05, 0) is 30.5 Å². The molecule has 3 rings (SSSR count). The molecule has 20 heavy (non-hydrogen) atoms. The minimum Gasteiger partial charge on any atom is -0.456 e. The number of aromatic amines is 1. The van der Waals surface area contributed by atoms with E-state index in [1.54, 1.807) is 0 Å². The second-order valence-corrected chi connectivity index (χ2v) is 4.49. The predicted octanol–water partition coefficient (Wildman–Crippen LogP) is 1.21. The Labute approximate surface area is 114 Å². The summed E-state index contributed by atoms with van der Waals surface area (Å²) in [5, 5.41) is 14.2. The lowest BCUT2D eigenvalue weighted by molar-refractivity contribution is -0.145. The van der Waals surface area contributed by atoms with E-state index in [1.807, 2.05) is 35.9 Å². The Kier molecular flexibility index (Phi) is 3.16. The van der Waals surface area contributed by atoms with Crippen molar-refractivity contribution in [1.82, 2.24) is 25.2 Å². The molecule has 3 aromatic rings. The summed E-state index contributed by atoms with van der Waals surface area (Å²) in [6, 6.07) is 8.08. The molecule has 0 atom stereocenters. The Morgan fingerprint density at radius 2 is 2.30 bits per heavy atom. The number of nitrogens with one attached hydrogen (secondary N) is 1. The molecule has 7 nitrogen and oxygen atoms in total.